The fraction of sp³-hybridized carbons (Fsp3) is 0.333. The molecule has 2 heterocycles. The summed E-state index contributed by atoms with van der Waals surface area (Å²) in [5.41, 5.74) is 4.94. The predicted molar refractivity (Wildman–Crippen MR) is 106 cm³/mol. The average Bonchev–Trinajstić information content (AvgIpc) is 3.15. The van der Waals surface area contributed by atoms with Crippen molar-refractivity contribution in [1.29, 1.82) is 0 Å². The van der Waals surface area contributed by atoms with Crippen molar-refractivity contribution in [3.05, 3.63) is 64.2 Å². The Labute approximate surface area is 164 Å². The molecule has 6 nitrogen and oxygen atoms in total. The number of carbonyl (C=O) groups is 2. The Bertz CT molecular complexity index is 915. The molecule has 4 rings (SSSR count). The smallest absolute Gasteiger partial charge is 0.363 e. The highest BCUT2D eigenvalue weighted by atomic mass is 16.5. The molecular formula is C21H23BN2O4. The highest BCUT2D eigenvalue weighted by molar-refractivity contribution is 6.32. The monoisotopic (exact) mass is 378 g/mol. The lowest BCUT2D eigenvalue weighted by Gasteiger charge is -2.26. The number of hydrogen-bond acceptors (Lipinski definition) is 5. The number of ether oxygens (including phenoxy) is 1. The SMILES string of the molecule is CCOC(=O)c1cccc2c1OBC(NC(=O)Cc1ccc3c(c1)CNC3)C2. The van der Waals surface area contributed by atoms with E-state index in [1.807, 2.05) is 18.2 Å². The maximum atomic E-state index is 12.5. The maximum absolute atomic E-state index is 12.5. The van der Waals surface area contributed by atoms with Gasteiger partial charge in [-0.25, -0.2) is 4.79 Å². The first-order chi connectivity index (χ1) is 13.6. The molecule has 0 saturated carbocycles. The van der Waals surface area contributed by atoms with E-state index in [-0.39, 0.29) is 17.8 Å². The van der Waals surface area contributed by atoms with E-state index < -0.39 is 0 Å². The third kappa shape index (κ3) is 3.89. The van der Waals surface area contributed by atoms with Crippen molar-refractivity contribution in [2.24, 2.45) is 0 Å². The van der Waals surface area contributed by atoms with E-state index >= 15 is 0 Å². The van der Waals surface area contributed by atoms with Crippen LogP contribution in [0.1, 0.15) is 39.5 Å². The average molecular weight is 378 g/mol. The molecule has 2 aromatic carbocycles. The first-order valence-electron chi connectivity index (χ1n) is 9.66. The van der Waals surface area contributed by atoms with Crippen LogP contribution in [0.25, 0.3) is 0 Å². The molecule has 1 atom stereocenters. The Morgan fingerprint density at radius 3 is 2.93 bits per heavy atom. The fourth-order valence-corrected chi connectivity index (χ4v) is 3.81. The molecule has 2 N–H and O–H groups in total. The van der Waals surface area contributed by atoms with Gasteiger partial charge in [-0.1, -0.05) is 30.3 Å². The summed E-state index contributed by atoms with van der Waals surface area (Å²) in [6.07, 6.45) is 0.974. The van der Waals surface area contributed by atoms with Crippen molar-refractivity contribution in [1.82, 2.24) is 10.6 Å². The van der Waals surface area contributed by atoms with Gasteiger partial charge in [0.05, 0.1) is 13.0 Å². The third-order valence-electron chi connectivity index (χ3n) is 5.12. The normalized spacial score (nSPS) is 17.0. The van der Waals surface area contributed by atoms with Crippen LogP contribution in [0.5, 0.6) is 5.75 Å². The summed E-state index contributed by atoms with van der Waals surface area (Å²) < 4.78 is 10.9. The second-order valence-corrected chi connectivity index (χ2v) is 7.18. The molecule has 0 radical (unpaired) electrons. The Morgan fingerprint density at radius 1 is 1.21 bits per heavy atom. The quantitative estimate of drug-likeness (QED) is 0.608. The number of para-hydroxylation sites is 1. The van der Waals surface area contributed by atoms with Crippen molar-refractivity contribution in [3.8, 4) is 5.75 Å². The minimum Gasteiger partial charge on any atom is -0.561 e. The number of carbonyl (C=O) groups excluding carboxylic acids is 2. The van der Waals surface area contributed by atoms with Crippen molar-refractivity contribution in [2.75, 3.05) is 6.61 Å². The minimum absolute atomic E-state index is 0.0236. The van der Waals surface area contributed by atoms with Crippen molar-refractivity contribution >= 4 is 19.4 Å². The van der Waals surface area contributed by atoms with Crippen LogP contribution >= 0.6 is 0 Å². The molecule has 7 heteroatoms. The third-order valence-corrected chi connectivity index (χ3v) is 5.12. The number of hydrogen-bond donors (Lipinski definition) is 2. The Hall–Kier alpha value is -2.80. The van der Waals surface area contributed by atoms with Crippen LogP contribution < -0.4 is 15.3 Å². The number of amides is 1. The fourth-order valence-electron chi connectivity index (χ4n) is 3.81. The van der Waals surface area contributed by atoms with Crippen molar-refractivity contribution in [3.63, 3.8) is 0 Å². The van der Waals surface area contributed by atoms with Crippen LogP contribution in [0, 0.1) is 0 Å². The number of nitrogens with one attached hydrogen (secondary N) is 2. The van der Waals surface area contributed by atoms with E-state index in [4.69, 9.17) is 9.39 Å². The lowest BCUT2D eigenvalue weighted by atomic mass is 9.79. The molecule has 0 aromatic heterocycles. The van der Waals surface area contributed by atoms with Crippen molar-refractivity contribution < 1.29 is 19.0 Å². The molecule has 0 aliphatic carbocycles. The first kappa shape index (κ1) is 18.6. The zero-order valence-electron chi connectivity index (χ0n) is 15.9. The van der Waals surface area contributed by atoms with Crippen LogP contribution in [0.3, 0.4) is 0 Å². The van der Waals surface area contributed by atoms with Gasteiger partial charge in [0.1, 0.15) is 11.3 Å². The van der Waals surface area contributed by atoms with Gasteiger partial charge in [0.2, 0.25) is 5.91 Å². The predicted octanol–water partition coefficient (Wildman–Crippen LogP) is 1.44. The summed E-state index contributed by atoms with van der Waals surface area (Å²) in [5, 5.41) is 6.37. The van der Waals surface area contributed by atoms with E-state index in [2.05, 4.69) is 22.8 Å². The number of esters is 1. The molecule has 2 aromatic rings. The number of rotatable bonds is 5. The highest BCUT2D eigenvalue weighted by Crippen LogP contribution is 2.29. The van der Waals surface area contributed by atoms with Gasteiger partial charge in [-0.05, 0) is 41.7 Å². The summed E-state index contributed by atoms with van der Waals surface area (Å²) in [6, 6.07) is 11.7. The summed E-state index contributed by atoms with van der Waals surface area (Å²) in [5.74, 6) is 0.0450. The van der Waals surface area contributed by atoms with Gasteiger partial charge in [-0.2, -0.15) is 0 Å². The van der Waals surface area contributed by atoms with Gasteiger partial charge in [0.25, 0.3) is 0 Å². The summed E-state index contributed by atoms with van der Waals surface area (Å²) in [6.45, 7) is 3.85. The van der Waals surface area contributed by atoms with Gasteiger partial charge in [0, 0.05) is 19.0 Å². The summed E-state index contributed by atoms with van der Waals surface area (Å²) in [7, 11) is 0.337. The van der Waals surface area contributed by atoms with Crippen LogP contribution in [0.15, 0.2) is 36.4 Å². The summed E-state index contributed by atoms with van der Waals surface area (Å²) in [4.78, 5) is 24.6. The van der Waals surface area contributed by atoms with Gasteiger partial charge < -0.3 is 20.0 Å². The number of fused-ring (bicyclic) bond motifs is 2. The lowest BCUT2D eigenvalue weighted by Crippen LogP contribution is -2.45. The topological polar surface area (TPSA) is 76.7 Å². The molecule has 1 unspecified atom stereocenters. The number of benzene rings is 2. The largest absolute Gasteiger partial charge is 0.561 e. The Morgan fingerprint density at radius 2 is 2.07 bits per heavy atom. The Balaban J connectivity index is 1.39. The molecule has 2 aliphatic heterocycles. The molecule has 0 spiro atoms. The second kappa shape index (κ2) is 8.06. The summed E-state index contributed by atoms with van der Waals surface area (Å²) >= 11 is 0. The molecule has 28 heavy (non-hydrogen) atoms. The molecule has 2 aliphatic rings. The van der Waals surface area contributed by atoms with Crippen LogP contribution in [0.4, 0.5) is 0 Å². The first-order valence-corrected chi connectivity index (χ1v) is 9.66. The highest BCUT2D eigenvalue weighted by Gasteiger charge is 2.27. The van der Waals surface area contributed by atoms with Crippen LogP contribution in [-0.4, -0.2) is 31.9 Å². The van der Waals surface area contributed by atoms with Gasteiger partial charge >= 0.3 is 13.5 Å². The van der Waals surface area contributed by atoms with Crippen LogP contribution in [0.2, 0.25) is 0 Å². The van der Waals surface area contributed by atoms with E-state index in [9.17, 15) is 9.59 Å². The lowest BCUT2D eigenvalue weighted by molar-refractivity contribution is -0.120. The molecule has 1 amide bonds. The molecule has 144 valence electrons. The minimum atomic E-state index is -0.382. The zero-order chi connectivity index (χ0) is 19.5. The molecular weight excluding hydrogens is 355 g/mol. The van der Waals surface area contributed by atoms with E-state index in [1.54, 1.807) is 13.0 Å². The standard InChI is InChI=1S/C21H23BN2O4/c1-2-27-21(26)17-5-3-4-14-10-18(22-28-20(14)17)24-19(25)9-13-6-7-15-11-23-12-16(15)8-13/h3-8,18,22-23H,2,9-12H2,1H3,(H,24,25). The van der Waals surface area contributed by atoms with Crippen molar-refractivity contribution in [2.45, 2.75) is 38.8 Å². The van der Waals surface area contributed by atoms with Crippen LogP contribution in [-0.2, 0) is 35.5 Å². The second-order valence-electron chi connectivity index (χ2n) is 7.18. The van der Waals surface area contributed by atoms with Gasteiger partial charge in [0.15, 0.2) is 0 Å². The molecule has 0 saturated heterocycles. The van der Waals surface area contributed by atoms with E-state index in [1.165, 1.54) is 11.1 Å². The molecule has 0 fully saturated rings. The molecule has 0 bridgehead atoms. The maximum Gasteiger partial charge on any atom is 0.363 e. The van der Waals surface area contributed by atoms with E-state index in [0.717, 1.165) is 24.2 Å². The zero-order valence-corrected chi connectivity index (χ0v) is 15.9. The van der Waals surface area contributed by atoms with E-state index in [0.29, 0.717) is 38.2 Å². The van der Waals surface area contributed by atoms with Gasteiger partial charge in [-0.3, -0.25) is 4.79 Å². The Kier molecular flexibility index (Phi) is 5.35. The van der Waals surface area contributed by atoms with Gasteiger partial charge in [-0.15, -0.1) is 0 Å².